The second-order valence-corrected chi connectivity index (χ2v) is 3.64. The monoisotopic (exact) mass is 266 g/mol. The number of benzene rings is 1. The van der Waals surface area contributed by atoms with Gasteiger partial charge < -0.3 is 5.32 Å². The number of hydrogen-bond donors (Lipinski definition) is 1. The molecule has 0 aliphatic carbocycles. The van der Waals surface area contributed by atoms with Crippen molar-refractivity contribution >= 4 is 11.4 Å². The summed E-state index contributed by atoms with van der Waals surface area (Å²) in [5.74, 6) is -2.11. The molecule has 8 heteroatoms. The van der Waals surface area contributed by atoms with Crippen LogP contribution >= 0.6 is 0 Å². The zero-order valence-electron chi connectivity index (χ0n) is 9.51. The molecule has 2 aromatic rings. The van der Waals surface area contributed by atoms with Crippen molar-refractivity contribution in [2.24, 2.45) is 0 Å². The second kappa shape index (κ2) is 5.34. The zero-order chi connectivity index (χ0) is 13.8. The Morgan fingerprint density at radius 3 is 2.53 bits per heavy atom. The largest absolute Gasteiger partial charge is 0.378 e. The van der Waals surface area contributed by atoms with Crippen LogP contribution < -0.4 is 5.32 Å². The Balaban J connectivity index is 2.21. The van der Waals surface area contributed by atoms with Crippen LogP contribution in [-0.2, 0) is 6.54 Å². The van der Waals surface area contributed by atoms with Gasteiger partial charge in [-0.25, -0.2) is 14.4 Å². The number of nitrogens with zero attached hydrogens (tertiary/aromatic N) is 3. The van der Waals surface area contributed by atoms with Crippen molar-refractivity contribution < 1.29 is 13.7 Å². The van der Waals surface area contributed by atoms with Crippen LogP contribution in [0.4, 0.5) is 20.2 Å². The lowest BCUT2D eigenvalue weighted by Gasteiger charge is -2.07. The van der Waals surface area contributed by atoms with E-state index in [2.05, 4.69) is 15.3 Å². The highest BCUT2D eigenvalue weighted by atomic mass is 19.1. The predicted molar refractivity (Wildman–Crippen MR) is 62.4 cm³/mol. The van der Waals surface area contributed by atoms with E-state index in [9.17, 15) is 18.9 Å². The summed E-state index contributed by atoms with van der Waals surface area (Å²) in [5.41, 5.74) is -0.279. The summed E-state index contributed by atoms with van der Waals surface area (Å²) >= 11 is 0. The molecule has 0 saturated carbocycles. The molecular formula is C11H8F2N4O2. The molecule has 1 aromatic heterocycles. The summed E-state index contributed by atoms with van der Waals surface area (Å²) in [7, 11) is 0. The minimum atomic E-state index is -1.21. The molecule has 0 fully saturated rings. The SMILES string of the molecule is O=[N+]([O-])c1cc(NCc2cncnc2)c(F)cc1F. The zero-order valence-corrected chi connectivity index (χ0v) is 9.51. The molecule has 0 amide bonds. The molecule has 6 nitrogen and oxygen atoms in total. The Morgan fingerprint density at radius 1 is 1.21 bits per heavy atom. The van der Waals surface area contributed by atoms with Crippen LogP contribution in [-0.4, -0.2) is 14.9 Å². The maximum Gasteiger partial charge on any atom is 0.307 e. The van der Waals surface area contributed by atoms with Gasteiger partial charge in [0, 0.05) is 36.6 Å². The Bertz CT molecular complexity index is 607. The first-order chi connectivity index (χ1) is 9.08. The molecule has 0 saturated heterocycles. The van der Waals surface area contributed by atoms with E-state index in [0.717, 1.165) is 6.07 Å². The Morgan fingerprint density at radius 2 is 1.89 bits per heavy atom. The van der Waals surface area contributed by atoms with Crippen molar-refractivity contribution in [1.82, 2.24) is 9.97 Å². The fourth-order valence-corrected chi connectivity index (χ4v) is 1.43. The van der Waals surface area contributed by atoms with Gasteiger partial charge in [-0.15, -0.1) is 0 Å². The number of nitro benzene ring substituents is 1. The van der Waals surface area contributed by atoms with Gasteiger partial charge >= 0.3 is 5.69 Å². The molecular weight excluding hydrogens is 258 g/mol. The number of rotatable bonds is 4. The highest BCUT2D eigenvalue weighted by Gasteiger charge is 2.18. The summed E-state index contributed by atoms with van der Waals surface area (Å²) in [6.07, 6.45) is 4.36. The first-order valence-corrected chi connectivity index (χ1v) is 5.19. The van der Waals surface area contributed by atoms with Crippen LogP contribution in [0.25, 0.3) is 0 Å². The van der Waals surface area contributed by atoms with Crippen LogP contribution in [0.5, 0.6) is 0 Å². The number of nitrogens with one attached hydrogen (secondary N) is 1. The first kappa shape index (κ1) is 12.8. The van der Waals surface area contributed by atoms with Crippen molar-refractivity contribution in [3.63, 3.8) is 0 Å². The van der Waals surface area contributed by atoms with E-state index in [-0.39, 0.29) is 12.2 Å². The highest BCUT2D eigenvalue weighted by Crippen LogP contribution is 2.25. The van der Waals surface area contributed by atoms with Gasteiger partial charge in [0.15, 0.2) is 0 Å². The van der Waals surface area contributed by atoms with E-state index in [1.807, 2.05) is 0 Å². The molecule has 1 heterocycles. The molecule has 0 bridgehead atoms. The third kappa shape index (κ3) is 2.97. The number of anilines is 1. The third-order valence-corrected chi connectivity index (χ3v) is 2.33. The van der Waals surface area contributed by atoms with Gasteiger partial charge in [0.1, 0.15) is 12.1 Å². The number of hydrogen-bond acceptors (Lipinski definition) is 5. The van der Waals surface area contributed by atoms with E-state index in [4.69, 9.17) is 0 Å². The Hall–Kier alpha value is -2.64. The van der Waals surface area contributed by atoms with Gasteiger partial charge in [0.05, 0.1) is 10.6 Å². The van der Waals surface area contributed by atoms with Crippen molar-refractivity contribution in [1.29, 1.82) is 0 Å². The summed E-state index contributed by atoms with van der Waals surface area (Å²) < 4.78 is 26.6. The summed E-state index contributed by atoms with van der Waals surface area (Å²) in [6.45, 7) is 0.167. The van der Waals surface area contributed by atoms with Crippen LogP contribution in [0.3, 0.4) is 0 Å². The molecule has 0 aliphatic heterocycles. The van der Waals surface area contributed by atoms with Crippen molar-refractivity contribution in [2.45, 2.75) is 6.54 Å². The fraction of sp³-hybridized carbons (Fsp3) is 0.0909. The van der Waals surface area contributed by atoms with Gasteiger partial charge in [-0.3, -0.25) is 10.1 Å². The second-order valence-electron chi connectivity index (χ2n) is 3.64. The topological polar surface area (TPSA) is 81.0 Å². The maximum atomic E-state index is 13.4. The van der Waals surface area contributed by atoms with E-state index in [1.54, 1.807) is 0 Å². The van der Waals surface area contributed by atoms with Crippen LogP contribution in [0.15, 0.2) is 30.9 Å². The molecule has 0 radical (unpaired) electrons. The minimum absolute atomic E-state index is 0.156. The number of aromatic nitrogens is 2. The maximum absolute atomic E-state index is 13.4. The van der Waals surface area contributed by atoms with E-state index in [0.29, 0.717) is 11.6 Å². The smallest absolute Gasteiger partial charge is 0.307 e. The third-order valence-electron chi connectivity index (χ3n) is 2.33. The average molecular weight is 266 g/mol. The molecule has 0 aliphatic rings. The lowest BCUT2D eigenvalue weighted by molar-refractivity contribution is -0.387. The van der Waals surface area contributed by atoms with Crippen LogP contribution in [0.2, 0.25) is 0 Å². The normalized spacial score (nSPS) is 10.2. The van der Waals surface area contributed by atoms with Gasteiger partial charge in [-0.2, -0.15) is 4.39 Å². The quantitative estimate of drug-likeness (QED) is 0.678. The molecule has 1 N–H and O–H groups in total. The van der Waals surface area contributed by atoms with E-state index >= 15 is 0 Å². The Labute approximate surface area is 106 Å². The number of halogens is 2. The average Bonchev–Trinajstić information content (AvgIpc) is 2.38. The van der Waals surface area contributed by atoms with Gasteiger partial charge in [0.25, 0.3) is 0 Å². The van der Waals surface area contributed by atoms with Gasteiger partial charge in [0.2, 0.25) is 5.82 Å². The molecule has 1 aromatic carbocycles. The van der Waals surface area contributed by atoms with E-state index in [1.165, 1.54) is 18.7 Å². The molecule has 0 spiro atoms. The summed E-state index contributed by atoms with van der Waals surface area (Å²) in [5, 5.41) is 13.2. The van der Waals surface area contributed by atoms with E-state index < -0.39 is 22.2 Å². The summed E-state index contributed by atoms with van der Waals surface area (Å²) in [6, 6.07) is 1.29. The van der Waals surface area contributed by atoms with Crippen LogP contribution in [0.1, 0.15) is 5.56 Å². The summed E-state index contributed by atoms with van der Waals surface area (Å²) in [4.78, 5) is 17.2. The minimum Gasteiger partial charge on any atom is -0.378 e. The number of nitro groups is 1. The lowest BCUT2D eigenvalue weighted by atomic mass is 10.2. The van der Waals surface area contributed by atoms with Gasteiger partial charge in [-0.05, 0) is 0 Å². The van der Waals surface area contributed by atoms with Crippen molar-refractivity contribution in [3.8, 4) is 0 Å². The van der Waals surface area contributed by atoms with Gasteiger partial charge in [-0.1, -0.05) is 0 Å². The highest BCUT2D eigenvalue weighted by molar-refractivity contribution is 5.53. The lowest BCUT2D eigenvalue weighted by Crippen LogP contribution is -2.04. The first-order valence-electron chi connectivity index (χ1n) is 5.19. The van der Waals surface area contributed by atoms with Crippen LogP contribution in [0, 0.1) is 21.7 Å². The molecule has 0 unspecified atom stereocenters. The molecule has 19 heavy (non-hydrogen) atoms. The standard InChI is InChI=1S/C11H8F2N4O2/c12-8-1-9(13)11(17(18)19)2-10(8)16-5-7-3-14-6-15-4-7/h1-4,6,16H,5H2. The molecule has 98 valence electrons. The molecule has 0 atom stereocenters. The van der Waals surface area contributed by atoms with Crippen molar-refractivity contribution in [3.05, 3.63) is 58.2 Å². The predicted octanol–water partition coefficient (Wildman–Crippen LogP) is 2.28. The Kier molecular flexibility index (Phi) is 3.60. The fourth-order valence-electron chi connectivity index (χ4n) is 1.43. The van der Waals surface area contributed by atoms with Crippen molar-refractivity contribution in [2.75, 3.05) is 5.32 Å². The molecule has 2 rings (SSSR count).